The van der Waals surface area contributed by atoms with E-state index in [1.54, 1.807) is 54.7 Å². The first-order chi connectivity index (χ1) is 32.2. The molecule has 2 saturated heterocycles. The zero-order chi connectivity index (χ0) is 46.2. The number of nitrogens with one attached hydrogen (secondary N) is 2. The number of cyclic esters (lactones) is 1. The zero-order valence-corrected chi connectivity index (χ0v) is 36.0. The topological polar surface area (TPSA) is 212 Å². The van der Waals surface area contributed by atoms with Crippen LogP contribution in [0.4, 0.5) is 15.3 Å². The van der Waals surface area contributed by atoms with Crippen molar-refractivity contribution in [2.24, 2.45) is 11.7 Å². The number of rotatable bonds is 14. The maximum Gasteiger partial charge on any atom is 0.421 e. The van der Waals surface area contributed by atoms with Crippen molar-refractivity contribution < 1.29 is 48.0 Å². The van der Waals surface area contributed by atoms with Crippen molar-refractivity contribution >= 4 is 35.6 Å². The fourth-order valence-electron chi connectivity index (χ4n) is 9.45. The second-order valence-corrected chi connectivity index (χ2v) is 15.7. The maximum absolute atomic E-state index is 16.3. The number of hydrogen-bond donors (Lipinski definition) is 4. The fraction of sp³-hybridized carbons (Fsp3) is 0.280. The predicted octanol–water partition coefficient (Wildman–Crippen LogP) is 4.28. The lowest BCUT2D eigenvalue weighted by atomic mass is 9.65. The van der Waals surface area contributed by atoms with E-state index in [4.69, 9.17) is 24.7 Å². The molecule has 1 aromatic heterocycles. The number of nitrogens with zero attached hydrogens (tertiary/aromatic N) is 3. The van der Waals surface area contributed by atoms with Crippen LogP contribution < -0.4 is 26.0 Å². The third kappa shape index (κ3) is 8.54. The number of morpholine rings is 1. The van der Waals surface area contributed by atoms with Crippen LogP contribution in [0.15, 0.2) is 128 Å². The Balaban J connectivity index is 1.44. The molecule has 5 N–H and O–H groups in total. The van der Waals surface area contributed by atoms with E-state index in [0.717, 1.165) is 4.90 Å². The summed E-state index contributed by atoms with van der Waals surface area (Å²) in [4.78, 5) is 80.4. The SMILES string of the molecule is COCCOC(=O)N1C(=O)C2(c3cc(C#CCNC(N)=O)ccc31)C(C(=O)NCCc1ccccn1)C1C(=O)OC(c3ccccc3)C(c3ccccc3)N1C2c1ccccc1OCCO. The summed E-state index contributed by atoms with van der Waals surface area (Å²) in [5.74, 6) is 2.25. The lowest BCUT2D eigenvalue weighted by Crippen LogP contribution is -2.56. The van der Waals surface area contributed by atoms with Gasteiger partial charge in [-0.15, -0.1) is 0 Å². The number of urea groups is 1. The van der Waals surface area contributed by atoms with Crippen LogP contribution in [0.2, 0.25) is 0 Å². The molecule has 8 rings (SSSR count). The Labute approximate surface area is 381 Å². The third-order valence-corrected chi connectivity index (χ3v) is 12.0. The number of amides is 5. The molecule has 6 atom stereocenters. The first-order valence-corrected chi connectivity index (χ1v) is 21.5. The number of aliphatic hydroxyl groups is 1. The van der Waals surface area contributed by atoms with E-state index in [1.807, 2.05) is 77.7 Å². The molecule has 16 nitrogen and oxygen atoms in total. The molecule has 1 spiro atoms. The highest BCUT2D eigenvalue weighted by Crippen LogP contribution is 2.66. The van der Waals surface area contributed by atoms with Gasteiger partial charge in [-0.25, -0.2) is 14.5 Å². The van der Waals surface area contributed by atoms with Gasteiger partial charge in [0.15, 0.2) is 0 Å². The number of carbonyl (C=O) groups is 5. The summed E-state index contributed by atoms with van der Waals surface area (Å²) in [6.45, 7) is -0.678. The minimum absolute atomic E-state index is 0.0282. The van der Waals surface area contributed by atoms with E-state index in [9.17, 15) is 14.7 Å². The molecule has 0 saturated carbocycles. The van der Waals surface area contributed by atoms with Gasteiger partial charge >= 0.3 is 18.1 Å². The van der Waals surface area contributed by atoms with Crippen LogP contribution in [-0.4, -0.2) is 97.6 Å². The highest BCUT2D eigenvalue weighted by atomic mass is 16.6. The zero-order valence-electron chi connectivity index (χ0n) is 36.0. The average molecular weight is 893 g/mol. The number of benzene rings is 4. The van der Waals surface area contributed by atoms with Crippen LogP contribution in [0, 0.1) is 17.8 Å². The highest BCUT2D eigenvalue weighted by molar-refractivity contribution is 6.23. The van der Waals surface area contributed by atoms with Crippen molar-refractivity contribution in [1.29, 1.82) is 0 Å². The first kappa shape index (κ1) is 45.0. The molecule has 3 aliphatic heterocycles. The molecule has 5 amide bonds. The molecule has 6 unspecified atom stereocenters. The van der Waals surface area contributed by atoms with E-state index in [2.05, 4.69) is 27.5 Å². The summed E-state index contributed by atoms with van der Waals surface area (Å²) in [7, 11) is 1.44. The summed E-state index contributed by atoms with van der Waals surface area (Å²) < 4.78 is 23.6. The normalized spacial score (nSPS) is 21.8. The average Bonchev–Trinajstić information content (AvgIpc) is 3.79. The monoisotopic (exact) mass is 892 g/mol. The van der Waals surface area contributed by atoms with Gasteiger partial charge in [-0.3, -0.25) is 24.3 Å². The Morgan fingerprint density at radius 1 is 0.864 bits per heavy atom. The number of nitrogens with two attached hydrogens (primary N) is 1. The first-order valence-electron chi connectivity index (χ1n) is 21.5. The number of anilines is 1. The van der Waals surface area contributed by atoms with E-state index in [1.165, 1.54) is 7.11 Å². The predicted molar refractivity (Wildman–Crippen MR) is 240 cm³/mol. The minimum atomic E-state index is -2.13. The van der Waals surface area contributed by atoms with E-state index < -0.39 is 65.5 Å². The van der Waals surface area contributed by atoms with Crippen LogP contribution in [-0.2, 0) is 40.4 Å². The molecular formula is C50H48N6O10. The second-order valence-electron chi connectivity index (χ2n) is 15.7. The standard InChI is InChI=1S/C50H48N6O10/c1-63-29-30-65-49(62)55-38-22-21-32(13-12-25-54-48(51)61)31-37(38)50(47(55)60)40(45(58)53-26-23-35-18-10-11-24-52-35)42-46(59)66-43(34-16-6-3-7-17-34)41(33-14-4-2-5-15-33)56(42)44(50)36-19-8-9-20-39(36)64-28-27-57/h2-11,14-22,24,31,40-44,57H,23,25-30H2,1H3,(H,53,58)(H3,51,54,61). The molecule has 66 heavy (non-hydrogen) atoms. The number of fused-ring (bicyclic) bond motifs is 3. The molecule has 2 fully saturated rings. The number of ether oxygens (including phenoxy) is 4. The van der Waals surface area contributed by atoms with Crippen LogP contribution in [0.3, 0.4) is 0 Å². The molecule has 16 heteroatoms. The number of para-hydroxylation sites is 1. The lowest BCUT2D eigenvalue weighted by Gasteiger charge is -2.46. The molecular weight excluding hydrogens is 845 g/mol. The fourth-order valence-corrected chi connectivity index (χ4v) is 9.45. The molecule has 5 aromatic rings. The van der Waals surface area contributed by atoms with Gasteiger partial charge in [0.25, 0.3) is 0 Å². The molecule has 4 aromatic carbocycles. The van der Waals surface area contributed by atoms with Crippen molar-refractivity contribution in [3.05, 3.63) is 161 Å². The molecule has 338 valence electrons. The van der Waals surface area contributed by atoms with Crippen molar-refractivity contribution in [3.63, 3.8) is 0 Å². The number of hydrogen-bond acceptors (Lipinski definition) is 12. The van der Waals surface area contributed by atoms with Crippen LogP contribution in [0.1, 0.15) is 51.7 Å². The van der Waals surface area contributed by atoms with Crippen LogP contribution in [0.5, 0.6) is 5.75 Å². The number of aromatic nitrogens is 1. The second kappa shape index (κ2) is 20.1. The summed E-state index contributed by atoms with van der Waals surface area (Å²) in [5.41, 5.74) is 6.26. The Kier molecular flexibility index (Phi) is 13.7. The van der Waals surface area contributed by atoms with Gasteiger partial charge in [0.05, 0.1) is 43.4 Å². The smallest absolute Gasteiger partial charge is 0.421 e. The number of carbonyl (C=O) groups excluding carboxylic acids is 5. The molecule has 0 radical (unpaired) electrons. The van der Waals surface area contributed by atoms with Gasteiger partial charge < -0.3 is 40.4 Å². The number of primary amides is 1. The van der Waals surface area contributed by atoms with Gasteiger partial charge in [-0.1, -0.05) is 96.8 Å². The summed E-state index contributed by atoms with van der Waals surface area (Å²) in [5, 5.41) is 15.5. The highest BCUT2D eigenvalue weighted by Gasteiger charge is 2.76. The summed E-state index contributed by atoms with van der Waals surface area (Å²) in [6, 6.07) is 31.4. The Morgan fingerprint density at radius 3 is 2.30 bits per heavy atom. The molecule has 0 bridgehead atoms. The van der Waals surface area contributed by atoms with E-state index in [-0.39, 0.29) is 56.5 Å². The van der Waals surface area contributed by atoms with Crippen LogP contribution >= 0.6 is 0 Å². The number of esters is 1. The largest absolute Gasteiger partial charge is 0.491 e. The molecule has 0 aliphatic carbocycles. The van der Waals surface area contributed by atoms with E-state index >= 15 is 14.4 Å². The van der Waals surface area contributed by atoms with Gasteiger partial charge in [-0.2, -0.15) is 0 Å². The Morgan fingerprint density at radius 2 is 1.59 bits per heavy atom. The molecule has 4 heterocycles. The van der Waals surface area contributed by atoms with Gasteiger partial charge in [0, 0.05) is 43.1 Å². The number of aliphatic hydroxyl groups excluding tert-OH is 1. The van der Waals surface area contributed by atoms with Crippen molar-refractivity contribution in [2.45, 2.75) is 36.1 Å². The lowest BCUT2D eigenvalue weighted by molar-refractivity contribution is -0.178. The summed E-state index contributed by atoms with van der Waals surface area (Å²) >= 11 is 0. The minimum Gasteiger partial charge on any atom is -0.491 e. The quantitative estimate of drug-likeness (QED) is 0.0700. The summed E-state index contributed by atoms with van der Waals surface area (Å²) in [6.07, 6.45) is -0.0382. The van der Waals surface area contributed by atoms with Gasteiger partial charge in [0.2, 0.25) is 11.8 Å². The van der Waals surface area contributed by atoms with Crippen LogP contribution in [0.25, 0.3) is 0 Å². The van der Waals surface area contributed by atoms with Gasteiger partial charge in [-0.05, 0) is 53.1 Å². The van der Waals surface area contributed by atoms with Crippen molar-refractivity contribution in [2.75, 3.05) is 51.5 Å². The van der Waals surface area contributed by atoms with Crippen molar-refractivity contribution in [1.82, 2.24) is 20.5 Å². The third-order valence-electron chi connectivity index (χ3n) is 12.0. The molecule has 3 aliphatic rings. The number of pyridine rings is 1. The van der Waals surface area contributed by atoms with Crippen molar-refractivity contribution in [3.8, 4) is 17.6 Å². The van der Waals surface area contributed by atoms with E-state index in [0.29, 0.717) is 34.4 Å². The van der Waals surface area contributed by atoms with Gasteiger partial charge in [0.1, 0.15) is 36.5 Å². The maximum atomic E-state index is 16.3. The number of imide groups is 1. The Bertz CT molecular complexity index is 2640. The number of methoxy groups -OCH3 is 1. The Hall–Kier alpha value is -7.58.